The largest absolute Gasteiger partial charge is 0.466 e. The molecule has 4 rings (SSSR count). The first-order valence-electron chi connectivity index (χ1n) is 9.84. The second-order valence-corrected chi connectivity index (χ2v) is 8.27. The van der Waals surface area contributed by atoms with E-state index in [9.17, 15) is 9.90 Å². The maximum Gasteiger partial charge on any atom is 0.236 e. The van der Waals surface area contributed by atoms with Gasteiger partial charge >= 0.3 is 0 Å². The van der Waals surface area contributed by atoms with Crippen LogP contribution in [-0.2, 0) is 10.4 Å². The number of fused-ring (bicyclic) bond motifs is 2. The van der Waals surface area contributed by atoms with Crippen LogP contribution in [-0.4, -0.2) is 52.5 Å². The van der Waals surface area contributed by atoms with Gasteiger partial charge in [0.25, 0.3) is 0 Å². The van der Waals surface area contributed by atoms with Crippen LogP contribution in [0.5, 0.6) is 0 Å². The molecule has 1 saturated carbocycles. The van der Waals surface area contributed by atoms with Gasteiger partial charge in [0.15, 0.2) is 0 Å². The number of carbonyl (C=O) groups is 1. The topological polar surface area (TPSA) is 56.9 Å². The van der Waals surface area contributed by atoms with Crippen molar-refractivity contribution in [1.82, 2.24) is 9.80 Å². The van der Waals surface area contributed by atoms with E-state index in [1.807, 2.05) is 24.1 Å². The van der Waals surface area contributed by atoms with E-state index < -0.39 is 5.60 Å². The summed E-state index contributed by atoms with van der Waals surface area (Å²) in [6.45, 7) is 0.497. The normalized spacial score (nSPS) is 33.5. The summed E-state index contributed by atoms with van der Waals surface area (Å²) in [4.78, 5) is 17.2. The van der Waals surface area contributed by atoms with Crippen molar-refractivity contribution >= 4 is 5.91 Å². The Bertz CT molecular complexity index is 580. The van der Waals surface area contributed by atoms with Crippen molar-refractivity contribution in [2.75, 3.05) is 13.6 Å². The molecule has 1 aliphatic carbocycles. The summed E-state index contributed by atoms with van der Waals surface area (Å²) in [6, 6.07) is 4.68. The fourth-order valence-corrected chi connectivity index (χ4v) is 5.26. The Balaban J connectivity index is 1.40. The highest BCUT2D eigenvalue weighted by Gasteiger charge is 2.50. The summed E-state index contributed by atoms with van der Waals surface area (Å²) >= 11 is 0. The third kappa shape index (κ3) is 3.24. The average molecular weight is 346 g/mol. The molecule has 0 radical (unpaired) electrons. The summed E-state index contributed by atoms with van der Waals surface area (Å²) in [5.74, 6) is 0.918. The third-order valence-corrected chi connectivity index (χ3v) is 6.73. The zero-order chi connectivity index (χ0) is 17.4. The van der Waals surface area contributed by atoms with E-state index in [2.05, 4.69) is 4.90 Å². The van der Waals surface area contributed by atoms with Crippen LogP contribution >= 0.6 is 0 Å². The molecule has 1 aromatic rings. The highest BCUT2D eigenvalue weighted by molar-refractivity contribution is 5.78. The molecular weight excluding hydrogens is 316 g/mol. The number of hydrogen-bond donors (Lipinski definition) is 1. The number of carbonyl (C=O) groups excluding carboxylic acids is 1. The monoisotopic (exact) mass is 346 g/mol. The summed E-state index contributed by atoms with van der Waals surface area (Å²) in [5, 5.41) is 11.1. The van der Waals surface area contributed by atoms with E-state index in [0.717, 1.165) is 25.7 Å². The number of amides is 1. The number of hydrogen-bond acceptors (Lipinski definition) is 4. The maximum absolute atomic E-state index is 12.8. The minimum Gasteiger partial charge on any atom is -0.466 e. The summed E-state index contributed by atoms with van der Waals surface area (Å²) < 4.78 is 5.49. The Hall–Kier alpha value is -1.33. The molecule has 1 N–H and O–H groups in total. The first-order chi connectivity index (χ1) is 12.1. The number of furan rings is 1. The molecule has 138 valence electrons. The minimum absolute atomic E-state index is 0.243. The smallest absolute Gasteiger partial charge is 0.236 e. The number of piperidine rings is 1. The minimum atomic E-state index is -0.871. The zero-order valence-electron chi connectivity index (χ0n) is 15.2. The molecule has 0 aromatic carbocycles. The lowest BCUT2D eigenvalue weighted by molar-refractivity contribution is -0.137. The Kier molecular flexibility index (Phi) is 4.63. The van der Waals surface area contributed by atoms with Gasteiger partial charge in [-0.05, 0) is 50.7 Å². The Morgan fingerprint density at radius 2 is 1.92 bits per heavy atom. The van der Waals surface area contributed by atoms with Gasteiger partial charge in [0, 0.05) is 25.2 Å². The number of nitrogens with zero attached hydrogens (tertiary/aromatic N) is 2. The number of aliphatic hydroxyl groups is 1. The molecule has 25 heavy (non-hydrogen) atoms. The highest BCUT2D eigenvalue weighted by Crippen LogP contribution is 2.45. The van der Waals surface area contributed by atoms with Crippen molar-refractivity contribution in [2.45, 2.75) is 81.5 Å². The first kappa shape index (κ1) is 17.1. The van der Waals surface area contributed by atoms with Crippen molar-refractivity contribution < 1.29 is 14.3 Å². The van der Waals surface area contributed by atoms with Crippen LogP contribution in [0.4, 0.5) is 0 Å². The molecule has 2 aliphatic heterocycles. The third-order valence-electron chi connectivity index (χ3n) is 6.73. The number of rotatable bonds is 4. The van der Waals surface area contributed by atoms with Crippen LogP contribution in [0.3, 0.4) is 0 Å². The molecule has 1 aromatic heterocycles. The van der Waals surface area contributed by atoms with E-state index in [1.165, 1.54) is 19.3 Å². The van der Waals surface area contributed by atoms with E-state index in [0.29, 0.717) is 31.2 Å². The van der Waals surface area contributed by atoms with Crippen LogP contribution < -0.4 is 0 Å². The van der Waals surface area contributed by atoms with E-state index in [4.69, 9.17) is 4.42 Å². The molecule has 3 heterocycles. The maximum atomic E-state index is 12.8. The average Bonchev–Trinajstić information content (AvgIpc) is 3.24. The summed E-state index contributed by atoms with van der Waals surface area (Å²) in [6.07, 6.45) is 11.2. The molecule has 5 nitrogen and oxygen atoms in total. The van der Waals surface area contributed by atoms with Crippen LogP contribution in [0.15, 0.2) is 22.8 Å². The van der Waals surface area contributed by atoms with Gasteiger partial charge in [-0.25, -0.2) is 0 Å². The van der Waals surface area contributed by atoms with E-state index >= 15 is 0 Å². The van der Waals surface area contributed by atoms with Gasteiger partial charge in [0.2, 0.25) is 5.91 Å². The van der Waals surface area contributed by atoms with Crippen LogP contribution in [0.1, 0.15) is 63.5 Å². The molecular formula is C20H30N2O3. The van der Waals surface area contributed by atoms with Gasteiger partial charge in [-0.15, -0.1) is 0 Å². The Morgan fingerprint density at radius 3 is 2.52 bits per heavy atom. The molecule has 5 heteroatoms. The predicted molar refractivity (Wildman–Crippen MR) is 95.0 cm³/mol. The van der Waals surface area contributed by atoms with Gasteiger partial charge in [-0.3, -0.25) is 9.69 Å². The van der Waals surface area contributed by atoms with Gasteiger partial charge in [-0.1, -0.05) is 19.3 Å². The van der Waals surface area contributed by atoms with E-state index in [-0.39, 0.29) is 18.0 Å². The molecule has 2 bridgehead atoms. The fourth-order valence-electron chi connectivity index (χ4n) is 5.26. The molecule has 3 aliphatic rings. The van der Waals surface area contributed by atoms with E-state index in [1.54, 1.807) is 6.26 Å². The van der Waals surface area contributed by atoms with Gasteiger partial charge in [-0.2, -0.15) is 0 Å². The fraction of sp³-hybridized carbons (Fsp3) is 0.750. The molecule has 3 fully saturated rings. The quantitative estimate of drug-likeness (QED) is 0.911. The summed E-state index contributed by atoms with van der Waals surface area (Å²) in [5.41, 5.74) is -0.871. The lowest BCUT2D eigenvalue weighted by Gasteiger charge is -2.43. The lowest BCUT2D eigenvalue weighted by atomic mass is 9.84. The lowest BCUT2D eigenvalue weighted by Crippen LogP contribution is -2.53. The van der Waals surface area contributed by atoms with Crippen LogP contribution in [0, 0.1) is 0 Å². The van der Waals surface area contributed by atoms with Gasteiger partial charge in [0.05, 0.1) is 12.8 Å². The molecule has 1 amide bonds. The highest BCUT2D eigenvalue weighted by atomic mass is 16.4. The molecule has 1 unspecified atom stereocenters. The van der Waals surface area contributed by atoms with Gasteiger partial charge < -0.3 is 14.4 Å². The predicted octanol–water partition coefficient (Wildman–Crippen LogP) is 2.89. The first-order valence-corrected chi connectivity index (χ1v) is 9.84. The van der Waals surface area contributed by atoms with Crippen LogP contribution in [0.25, 0.3) is 0 Å². The Labute approximate surface area is 150 Å². The van der Waals surface area contributed by atoms with Crippen molar-refractivity contribution in [3.05, 3.63) is 24.2 Å². The summed E-state index contributed by atoms with van der Waals surface area (Å²) in [7, 11) is 1.98. The second-order valence-electron chi connectivity index (χ2n) is 8.27. The van der Waals surface area contributed by atoms with Crippen molar-refractivity contribution in [2.24, 2.45) is 0 Å². The van der Waals surface area contributed by atoms with Gasteiger partial charge in [0.1, 0.15) is 11.4 Å². The molecule has 2 saturated heterocycles. The zero-order valence-corrected chi connectivity index (χ0v) is 15.2. The molecule has 0 spiro atoms. The van der Waals surface area contributed by atoms with Crippen molar-refractivity contribution in [1.29, 1.82) is 0 Å². The SMILES string of the molecule is CN(C(=O)CN1[C@@H]2CC[C@H]1CC(O)(c1ccco1)C2)C1CCCCC1. The van der Waals surface area contributed by atoms with Crippen LogP contribution in [0.2, 0.25) is 0 Å². The van der Waals surface area contributed by atoms with Crippen molar-refractivity contribution in [3.63, 3.8) is 0 Å². The Morgan fingerprint density at radius 1 is 1.24 bits per heavy atom. The molecule has 3 atom stereocenters. The number of likely N-dealkylation sites (N-methyl/N-ethyl adjacent to an activating group) is 1. The standard InChI is InChI=1S/C20H30N2O3/c1-21(15-6-3-2-4-7-15)19(23)14-22-16-9-10-17(22)13-20(24,12-16)18-8-5-11-25-18/h5,8,11,15-17,24H,2-4,6-7,9-10,12-14H2,1H3/t16-,17+,20?. The second kappa shape index (κ2) is 6.76. The van der Waals surface area contributed by atoms with Crippen molar-refractivity contribution in [3.8, 4) is 0 Å².